The normalized spacial score (nSPS) is 20.2. The number of hydrogen-bond donors (Lipinski definition) is 2. The predicted octanol–water partition coefficient (Wildman–Crippen LogP) is 2.98. The first-order valence-corrected chi connectivity index (χ1v) is 9.45. The Kier molecular flexibility index (Phi) is 5.86. The summed E-state index contributed by atoms with van der Waals surface area (Å²) in [4.78, 5) is 28.2. The molecule has 5 nitrogen and oxygen atoms in total. The van der Waals surface area contributed by atoms with Gasteiger partial charge in [-0.3, -0.25) is 14.6 Å². The minimum atomic E-state index is 0.0350. The number of carbonyl (C=O) groups excluding carboxylic acids is 2. The van der Waals surface area contributed by atoms with E-state index in [1.165, 1.54) is 0 Å². The number of carbonyl (C=O) groups is 2. The maximum Gasteiger partial charge on any atom is 0.224 e. The molecule has 1 atom stereocenters. The molecule has 1 saturated carbocycles. The SMILES string of the molecule is CCC(C)CC(=O)NC1CC(NC(=O)Cc2ccc3cnccc3c2)C1. The van der Waals surface area contributed by atoms with Crippen molar-refractivity contribution in [1.29, 1.82) is 0 Å². The first-order chi connectivity index (χ1) is 12.5. The fraction of sp³-hybridized carbons (Fsp3) is 0.476. The number of aromatic nitrogens is 1. The summed E-state index contributed by atoms with van der Waals surface area (Å²) in [6.07, 6.45) is 7.20. The van der Waals surface area contributed by atoms with E-state index in [1.807, 2.05) is 30.5 Å². The van der Waals surface area contributed by atoms with Crippen LogP contribution in [0.2, 0.25) is 0 Å². The molecule has 5 heteroatoms. The van der Waals surface area contributed by atoms with Gasteiger partial charge in [0.15, 0.2) is 0 Å². The van der Waals surface area contributed by atoms with Crippen molar-refractivity contribution in [3.63, 3.8) is 0 Å². The molecule has 26 heavy (non-hydrogen) atoms. The minimum Gasteiger partial charge on any atom is -0.353 e. The highest BCUT2D eigenvalue weighted by Crippen LogP contribution is 2.21. The molecule has 1 fully saturated rings. The third kappa shape index (κ3) is 4.81. The van der Waals surface area contributed by atoms with Crippen LogP contribution in [0.3, 0.4) is 0 Å². The third-order valence-electron chi connectivity index (χ3n) is 5.17. The molecular weight excluding hydrogens is 326 g/mol. The molecule has 2 amide bonds. The van der Waals surface area contributed by atoms with Crippen LogP contribution in [0, 0.1) is 5.92 Å². The Bertz CT molecular complexity index is 784. The smallest absolute Gasteiger partial charge is 0.224 e. The molecule has 1 aromatic heterocycles. The van der Waals surface area contributed by atoms with Crippen LogP contribution < -0.4 is 10.6 Å². The Morgan fingerprint density at radius 2 is 1.85 bits per heavy atom. The fourth-order valence-electron chi connectivity index (χ4n) is 3.31. The van der Waals surface area contributed by atoms with Crippen molar-refractivity contribution in [2.45, 2.75) is 58.0 Å². The minimum absolute atomic E-state index is 0.0350. The van der Waals surface area contributed by atoms with Crippen LogP contribution >= 0.6 is 0 Å². The van der Waals surface area contributed by atoms with E-state index in [4.69, 9.17) is 0 Å². The van der Waals surface area contributed by atoms with Crippen molar-refractivity contribution in [2.75, 3.05) is 0 Å². The second-order valence-electron chi connectivity index (χ2n) is 7.45. The van der Waals surface area contributed by atoms with Crippen LogP contribution in [0.15, 0.2) is 36.7 Å². The summed E-state index contributed by atoms with van der Waals surface area (Å²) >= 11 is 0. The molecule has 0 radical (unpaired) electrons. The van der Waals surface area contributed by atoms with Crippen LogP contribution in [0.5, 0.6) is 0 Å². The van der Waals surface area contributed by atoms with Gasteiger partial charge in [-0.1, -0.05) is 38.5 Å². The lowest BCUT2D eigenvalue weighted by atomic mass is 9.86. The first-order valence-electron chi connectivity index (χ1n) is 9.45. The maximum absolute atomic E-state index is 12.3. The highest BCUT2D eigenvalue weighted by Gasteiger charge is 2.31. The molecule has 1 unspecified atom stereocenters. The lowest BCUT2D eigenvalue weighted by Gasteiger charge is -2.36. The van der Waals surface area contributed by atoms with Crippen molar-refractivity contribution < 1.29 is 9.59 Å². The molecule has 3 rings (SSSR count). The lowest BCUT2D eigenvalue weighted by Crippen LogP contribution is -2.54. The Morgan fingerprint density at radius 3 is 2.58 bits per heavy atom. The molecule has 1 heterocycles. The van der Waals surface area contributed by atoms with E-state index in [0.717, 1.165) is 35.6 Å². The van der Waals surface area contributed by atoms with Crippen molar-refractivity contribution in [3.8, 4) is 0 Å². The lowest BCUT2D eigenvalue weighted by molar-refractivity contribution is -0.123. The summed E-state index contributed by atoms with van der Waals surface area (Å²) < 4.78 is 0. The molecule has 1 aromatic carbocycles. The fourth-order valence-corrected chi connectivity index (χ4v) is 3.31. The molecule has 2 N–H and O–H groups in total. The van der Waals surface area contributed by atoms with Gasteiger partial charge in [-0.2, -0.15) is 0 Å². The van der Waals surface area contributed by atoms with E-state index in [2.05, 4.69) is 29.5 Å². The van der Waals surface area contributed by atoms with Gasteiger partial charge < -0.3 is 10.6 Å². The van der Waals surface area contributed by atoms with E-state index in [9.17, 15) is 9.59 Å². The molecule has 0 aliphatic heterocycles. The number of pyridine rings is 1. The Morgan fingerprint density at radius 1 is 1.12 bits per heavy atom. The summed E-state index contributed by atoms with van der Waals surface area (Å²) in [5, 5.41) is 8.29. The quantitative estimate of drug-likeness (QED) is 0.804. The Labute approximate surface area is 154 Å². The average Bonchev–Trinajstić information content (AvgIpc) is 2.59. The zero-order chi connectivity index (χ0) is 18.5. The summed E-state index contributed by atoms with van der Waals surface area (Å²) in [5.41, 5.74) is 0.999. The van der Waals surface area contributed by atoms with Crippen LogP contribution in [-0.2, 0) is 16.0 Å². The van der Waals surface area contributed by atoms with Crippen molar-refractivity contribution in [3.05, 3.63) is 42.2 Å². The second-order valence-corrected chi connectivity index (χ2v) is 7.45. The van der Waals surface area contributed by atoms with Crippen LogP contribution in [0.1, 0.15) is 45.1 Å². The molecule has 1 aliphatic carbocycles. The number of fused-ring (bicyclic) bond motifs is 1. The van der Waals surface area contributed by atoms with Crippen LogP contribution in [0.25, 0.3) is 10.8 Å². The standard InChI is InChI=1S/C21H27N3O2/c1-3-14(2)8-20(25)23-18-11-19(12-18)24-21(26)10-15-4-5-17-13-22-7-6-16(17)9-15/h4-7,9,13-14,18-19H,3,8,10-12H2,1-2H3,(H,23,25)(H,24,26). The van der Waals surface area contributed by atoms with E-state index < -0.39 is 0 Å². The van der Waals surface area contributed by atoms with Crippen LogP contribution in [-0.4, -0.2) is 28.9 Å². The molecule has 1 aliphatic rings. The highest BCUT2D eigenvalue weighted by atomic mass is 16.2. The van der Waals surface area contributed by atoms with Gasteiger partial charge in [0.2, 0.25) is 11.8 Å². The maximum atomic E-state index is 12.3. The van der Waals surface area contributed by atoms with E-state index in [1.54, 1.807) is 6.20 Å². The molecule has 0 spiro atoms. The number of nitrogens with zero attached hydrogens (tertiary/aromatic N) is 1. The monoisotopic (exact) mass is 353 g/mol. The Balaban J connectivity index is 1.41. The summed E-state index contributed by atoms with van der Waals surface area (Å²) in [5.74, 6) is 0.580. The van der Waals surface area contributed by atoms with Gasteiger partial charge in [0, 0.05) is 36.3 Å². The van der Waals surface area contributed by atoms with Gasteiger partial charge in [-0.05, 0) is 35.8 Å². The van der Waals surface area contributed by atoms with Gasteiger partial charge in [-0.25, -0.2) is 0 Å². The average molecular weight is 353 g/mol. The molecule has 0 saturated heterocycles. The van der Waals surface area contributed by atoms with E-state index in [0.29, 0.717) is 18.8 Å². The van der Waals surface area contributed by atoms with Crippen LogP contribution in [0.4, 0.5) is 0 Å². The van der Waals surface area contributed by atoms with Gasteiger partial charge in [0.25, 0.3) is 0 Å². The van der Waals surface area contributed by atoms with Crippen molar-refractivity contribution in [1.82, 2.24) is 15.6 Å². The van der Waals surface area contributed by atoms with Gasteiger partial charge >= 0.3 is 0 Å². The van der Waals surface area contributed by atoms with Gasteiger partial charge in [0.05, 0.1) is 6.42 Å². The second kappa shape index (κ2) is 8.30. The summed E-state index contributed by atoms with van der Waals surface area (Å²) in [6.45, 7) is 4.19. The van der Waals surface area contributed by atoms with Gasteiger partial charge in [-0.15, -0.1) is 0 Å². The highest BCUT2D eigenvalue weighted by molar-refractivity contribution is 5.85. The molecule has 138 valence electrons. The number of benzene rings is 1. The van der Waals surface area contributed by atoms with E-state index in [-0.39, 0.29) is 23.9 Å². The number of amides is 2. The predicted molar refractivity (Wildman–Crippen MR) is 103 cm³/mol. The van der Waals surface area contributed by atoms with Crippen molar-refractivity contribution in [2.24, 2.45) is 5.92 Å². The van der Waals surface area contributed by atoms with Crippen molar-refractivity contribution >= 4 is 22.6 Å². The molecular formula is C21H27N3O2. The topological polar surface area (TPSA) is 71.1 Å². The summed E-state index contributed by atoms with van der Waals surface area (Å²) in [7, 11) is 0. The molecule has 0 bridgehead atoms. The largest absolute Gasteiger partial charge is 0.353 e. The summed E-state index contributed by atoms with van der Waals surface area (Å²) in [6, 6.07) is 8.33. The first kappa shape index (κ1) is 18.4. The zero-order valence-electron chi connectivity index (χ0n) is 15.5. The number of nitrogens with one attached hydrogen (secondary N) is 2. The molecule has 2 aromatic rings. The van der Waals surface area contributed by atoms with E-state index >= 15 is 0 Å². The number of rotatable bonds is 7. The number of hydrogen-bond acceptors (Lipinski definition) is 3. The third-order valence-corrected chi connectivity index (χ3v) is 5.17. The zero-order valence-corrected chi connectivity index (χ0v) is 15.5. The van der Waals surface area contributed by atoms with Gasteiger partial charge in [0.1, 0.15) is 0 Å². The Hall–Kier alpha value is -2.43.